The van der Waals surface area contributed by atoms with Crippen molar-refractivity contribution in [1.29, 1.82) is 0 Å². The molecule has 7 rings (SSSR count). The van der Waals surface area contributed by atoms with E-state index in [1.54, 1.807) is 9.80 Å². The fourth-order valence-electron chi connectivity index (χ4n) is 4.88. The van der Waals surface area contributed by atoms with Gasteiger partial charge in [-0.05, 0) is 17.2 Å². The van der Waals surface area contributed by atoms with Crippen LogP contribution >= 0.6 is 0 Å². The van der Waals surface area contributed by atoms with Crippen LogP contribution in [0.25, 0.3) is 0 Å². The van der Waals surface area contributed by atoms with Gasteiger partial charge in [-0.3, -0.25) is 0 Å². The first-order chi connectivity index (χ1) is 15.1. The van der Waals surface area contributed by atoms with Crippen LogP contribution in [0.3, 0.4) is 0 Å². The number of carbonyl (C=O) groups excluding carboxylic acids is 2. The molecule has 2 unspecified atom stereocenters. The van der Waals surface area contributed by atoms with E-state index in [9.17, 15) is 9.59 Å². The van der Waals surface area contributed by atoms with E-state index in [2.05, 4.69) is 0 Å². The van der Waals surface area contributed by atoms with E-state index >= 15 is 0 Å². The zero-order valence-corrected chi connectivity index (χ0v) is 16.8. The third-order valence-corrected chi connectivity index (χ3v) is 6.37. The van der Waals surface area contributed by atoms with E-state index in [4.69, 9.17) is 14.2 Å². The summed E-state index contributed by atoms with van der Waals surface area (Å²) in [5.74, 6) is -1.29. The summed E-state index contributed by atoms with van der Waals surface area (Å²) < 4.78 is 17.6. The van der Waals surface area contributed by atoms with Gasteiger partial charge in [0.15, 0.2) is 11.8 Å². The molecule has 7 heteroatoms. The topological polar surface area (TPSA) is 68.3 Å². The van der Waals surface area contributed by atoms with Crippen LogP contribution in [0.15, 0.2) is 72.8 Å². The molecule has 3 saturated heterocycles. The second-order valence-electron chi connectivity index (χ2n) is 8.40. The van der Waals surface area contributed by atoms with Gasteiger partial charge in [-0.1, -0.05) is 66.7 Å². The average Bonchev–Trinajstić information content (AvgIpc) is 3.49. The Kier molecular flexibility index (Phi) is 4.16. The second-order valence-corrected chi connectivity index (χ2v) is 8.40. The highest BCUT2D eigenvalue weighted by atomic mass is 16.8. The predicted octanol–water partition coefficient (Wildman–Crippen LogP) is 2.82. The summed E-state index contributed by atoms with van der Waals surface area (Å²) in [6, 6.07) is 17.9. The number of amides is 2. The Morgan fingerprint density at radius 1 is 0.935 bits per heavy atom. The van der Waals surface area contributed by atoms with E-state index < -0.39 is 30.1 Å². The zero-order chi connectivity index (χ0) is 21.0. The largest absolute Gasteiger partial charge is 0.432 e. The Balaban J connectivity index is 1.32. The molecule has 7 nitrogen and oxygen atoms in total. The molecule has 158 valence electrons. The van der Waals surface area contributed by atoms with Crippen LogP contribution in [0.1, 0.15) is 17.5 Å². The van der Waals surface area contributed by atoms with Gasteiger partial charge in [-0.15, -0.1) is 0 Å². The number of carbonyl (C=O) groups is 2. The summed E-state index contributed by atoms with van der Waals surface area (Å²) in [5.41, 5.74) is 1.93. The normalized spacial score (nSPS) is 32.9. The van der Waals surface area contributed by atoms with Crippen LogP contribution in [0.2, 0.25) is 0 Å². The van der Waals surface area contributed by atoms with E-state index in [-0.39, 0.29) is 12.1 Å². The summed E-state index contributed by atoms with van der Waals surface area (Å²) in [5, 5.41) is 0. The minimum atomic E-state index is -0.880. The monoisotopic (exact) mass is 418 g/mol. The summed E-state index contributed by atoms with van der Waals surface area (Å²) >= 11 is 0. The fourth-order valence-corrected chi connectivity index (χ4v) is 4.88. The molecule has 0 N–H and O–H groups in total. The first kappa shape index (κ1) is 18.6. The molecule has 31 heavy (non-hydrogen) atoms. The van der Waals surface area contributed by atoms with E-state index in [1.807, 2.05) is 72.8 Å². The van der Waals surface area contributed by atoms with E-state index in [0.717, 1.165) is 11.1 Å². The lowest BCUT2D eigenvalue weighted by Gasteiger charge is -2.40. The van der Waals surface area contributed by atoms with Crippen molar-refractivity contribution in [3.8, 4) is 0 Å². The highest BCUT2D eigenvalue weighted by Gasteiger charge is 2.62. The van der Waals surface area contributed by atoms with Crippen molar-refractivity contribution < 1.29 is 23.8 Å². The highest BCUT2D eigenvalue weighted by Crippen LogP contribution is 2.46. The van der Waals surface area contributed by atoms with Crippen LogP contribution in [0.4, 0.5) is 4.79 Å². The minimum Gasteiger partial charge on any atom is -0.432 e. The van der Waals surface area contributed by atoms with Gasteiger partial charge in [-0.2, -0.15) is 0 Å². The van der Waals surface area contributed by atoms with Gasteiger partial charge in [0.1, 0.15) is 6.04 Å². The van der Waals surface area contributed by atoms with Crippen molar-refractivity contribution in [1.82, 2.24) is 9.80 Å². The highest BCUT2D eigenvalue weighted by molar-refractivity contribution is 5.90. The SMILES string of the molecule is O=C1OC(O[C@]23C=CC(C2)O3)[C@H]2[C@@H]1N(Cc1ccccc1)C(=O)N2Cc1ccccc1. The fraction of sp³-hybridized carbons (Fsp3) is 0.333. The number of cyclic esters (lactones) is 1. The van der Waals surface area contributed by atoms with Gasteiger partial charge < -0.3 is 24.0 Å². The number of hydrogen-bond donors (Lipinski definition) is 0. The molecule has 5 aliphatic rings. The molecular weight excluding hydrogens is 396 g/mol. The van der Waals surface area contributed by atoms with Gasteiger partial charge in [-0.25, -0.2) is 9.59 Å². The first-order valence-corrected chi connectivity index (χ1v) is 10.5. The van der Waals surface area contributed by atoms with Crippen LogP contribution in [0.5, 0.6) is 0 Å². The van der Waals surface area contributed by atoms with Crippen LogP contribution in [0, 0.1) is 0 Å². The maximum Gasteiger partial charge on any atom is 0.333 e. The zero-order valence-electron chi connectivity index (χ0n) is 16.8. The summed E-state index contributed by atoms with van der Waals surface area (Å²) in [6.45, 7) is 0.701. The van der Waals surface area contributed by atoms with Crippen molar-refractivity contribution in [2.24, 2.45) is 0 Å². The smallest absolute Gasteiger partial charge is 0.333 e. The molecule has 1 aliphatic carbocycles. The van der Waals surface area contributed by atoms with Gasteiger partial charge in [0, 0.05) is 19.5 Å². The Bertz CT molecular complexity index is 1030. The van der Waals surface area contributed by atoms with Crippen molar-refractivity contribution in [2.45, 2.75) is 49.8 Å². The van der Waals surface area contributed by atoms with Crippen molar-refractivity contribution in [2.75, 3.05) is 0 Å². The lowest BCUT2D eigenvalue weighted by molar-refractivity contribution is -0.335. The van der Waals surface area contributed by atoms with Crippen LogP contribution < -0.4 is 0 Å². The summed E-state index contributed by atoms with van der Waals surface area (Å²) in [7, 11) is 0. The number of urea groups is 1. The molecule has 0 aromatic heterocycles. The second kappa shape index (κ2) is 6.93. The molecular formula is C24H22N2O5. The molecule has 2 aromatic carbocycles. The van der Waals surface area contributed by atoms with Crippen molar-refractivity contribution in [3.05, 3.63) is 83.9 Å². The number of ether oxygens (including phenoxy) is 3. The molecule has 2 bridgehead atoms. The van der Waals surface area contributed by atoms with Gasteiger partial charge in [0.2, 0.25) is 6.29 Å². The molecule has 2 amide bonds. The van der Waals surface area contributed by atoms with Crippen LogP contribution in [-0.2, 0) is 32.1 Å². The Labute approximate surface area is 179 Å². The van der Waals surface area contributed by atoms with Gasteiger partial charge >= 0.3 is 12.0 Å². The lowest BCUT2D eigenvalue weighted by atomic mass is 10.1. The number of rotatable bonds is 6. The van der Waals surface area contributed by atoms with Crippen molar-refractivity contribution >= 4 is 12.0 Å². The minimum absolute atomic E-state index is 0.0631. The molecule has 2 aromatic rings. The molecule has 4 aliphatic heterocycles. The molecule has 0 radical (unpaired) electrons. The summed E-state index contributed by atoms with van der Waals surface area (Å²) in [6.07, 6.45) is 3.72. The maximum atomic E-state index is 13.5. The van der Waals surface area contributed by atoms with Gasteiger partial charge in [0.05, 0.1) is 6.10 Å². The Hall–Kier alpha value is -3.16. The third kappa shape index (κ3) is 3.04. The number of esters is 1. The average molecular weight is 418 g/mol. The number of fused-ring (bicyclic) bond motifs is 1. The molecule has 0 spiro atoms. The first-order valence-electron chi connectivity index (χ1n) is 10.5. The quantitative estimate of drug-likeness (QED) is 0.533. The Morgan fingerprint density at radius 3 is 2.13 bits per heavy atom. The predicted molar refractivity (Wildman–Crippen MR) is 109 cm³/mol. The summed E-state index contributed by atoms with van der Waals surface area (Å²) in [4.78, 5) is 29.7. The lowest BCUT2D eigenvalue weighted by Crippen LogP contribution is -2.52. The number of hydrogen-bond acceptors (Lipinski definition) is 5. The Morgan fingerprint density at radius 2 is 1.55 bits per heavy atom. The molecule has 5 atom stereocenters. The third-order valence-electron chi connectivity index (χ3n) is 6.37. The van der Waals surface area contributed by atoms with Gasteiger partial charge in [0.25, 0.3) is 0 Å². The van der Waals surface area contributed by atoms with Crippen molar-refractivity contribution in [3.63, 3.8) is 0 Å². The molecule has 0 saturated carbocycles. The maximum absolute atomic E-state index is 13.5. The molecule has 4 heterocycles. The molecule has 3 fully saturated rings. The standard InChI is InChI=1S/C24H22N2O5/c27-21-19-20(22(29-21)31-24-12-11-18(13-24)30-24)26(15-17-9-5-2-6-10-17)23(28)25(19)14-16-7-3-1-4-8-16/h1-12,18-20,22H,13-15H2/t18?,19-,20+,22?,24+/m0/s1. The number of nitrogens with zero attached hydrogens (tertiary/aromatic N) is 2. The number of benzene rings is 2. The van der Waals surface area contributed by atoms with E-state index in [0.29, 0.717) is 19.5 Å². The van der Waals surface area contributed by atoms with E-state index in [1.165, 1.54) is 0 Å². The van der Waals surface area contributed by atoms with Crippen LogP contribution in [-0.4, -0.2) is 52.1 Å².